The van der Waals surface area contributed by atoms with Gasteiger partial charge in [-0.15, -0.1) is 0 Å². The van der Waals surface area contributed by atoms with Crippen LogP contribution in [-0.4, -0.2) is 80.9 Å². The number of carbonyl (C=O) groups excluding carboxylic acids is 1. The second kappa shape index (κ2) is 8.44. The number of hydrogen-bond donors (Lipinski definition) is 2. The average molecular weight is 286 g/mol. The quantitative estimate of drug-likeness (QED) is 0.738. The van der Waals surface area contributed by atoms with Crippen molar-refractivity contribution in [3.05, 3.63) is 0 Å². The number of hydrogen-bond acceptors (Lipinski definition) is 5. The molecule has 0 unspecified atom stereocenters. The molecule has 6 heteroatoms. The van der Waals surface area contributed by atoms with Gasteiger partial charge in [-0.25, -0.2) is 4.79 Å². The minimum absolute atomic E-state index is 0.329. The predicted molar refractivity (Wildman–Crippen MR) is 81.0 cm³/mol. The number of likely N-dealkylation sites (N-methyl/N-ethyl adjacent to an activating group) is 1. The Labute approximate surface area is 122 Å². The van der Waals surface area contributed by atoms with Crippen LogP contribution in [0, 0.1) is 0 Å². The Balaban J connectivity index is 2.08. The molecule has 1 aliphatic heterocycles. The lowest BCUT2D eigenvalue weighted by molar-refractivity contribution is 0.0516. The Bertz CT molecular complexity index is 283. The standard InChI is InChI=1S/C14H30N4O2/c1-14(2,3)20-13(19)16-6-8-18-11-9-17(10-12-18)7-5-15-4/h15H,5-12H2,1-4H3,(H,16,19). The van der Waals surface area contributed by atoms with Gasteiger partial charge in [-0.3, -0.25) is 9.80 Å². The van der Waals surface area contributed by atoms with Crippen molar-refractivity contribution in [3.8, 4) is 0 Å². The average Bonchev–Trinajstić information content (AvgIpc) is 2.35. The summed E-state index contributed by atoms with van der Waals surface area (Å²) in [5.74, 6) is 0. The lowest BCUT2D eigenvalue weighted by atomic mass is 10.2. The fourth-order valence-electron chi connectivity index (χ4n) is 2.14. The van der Waals surface area contributed by atoms with E-state index in [-0.39, 0.29) is 6.09 Å². The Kier molecular flexibility index (Phi) is 7.26. The number of nitrogens with zero attached hydrogens (tertiary/aromatic N) is 2. The number of rotatable bonds is 6. The van der Waals surface area contributed by atoms with Gasteiger partial charge in [0.2, 0.25) is 0 Å². The first-order chi connectivity index (χ1) is 9.40. The van der Waals surface area contributed by atoms with E-state index < -0.39 is 5.60 Å². The molecule has 1 amide bonds. The maximum absolute atomic E-state index is 11.5. The van der Waals surface area contributed by atoms with Gasteiger partial charge in [0.25, 0.3) is 0 Å². The molecule has 0 spiro atoms. The van der Waals surface area contributed by atoms with Crippen LogP contribution in [-0.2, 0) is 4.74 Å². The summed E-state index contributed by atoms with van der Waals surface area (Å²) >= 11 is 0. The number of nitrogens with one attached hydrogen (secondary N) is 2. The van der Waals surface area contributed by atoms with Gasteiger partial charge in [-0.2, -0.15) is 0 Å². The molecule has 0 aromatic carbocycles. The zero-order valence-electron chi connectivity index (χ0n) is 13.4. The van der Waals surface area contributed by atoms with E-state index in [4.69, 9.17) is 4.74 Å². The van der Waals surface area contributed by atoms with Crippen LogP contribution in [0.15, 0.2) is 0 Å². The SMILES string of the molecule is CNCCN1CCN(CCNC(=O)OC(C)(C)C)CC1. The lowest BCUT2D eigenvalue weighted by Crippen LogP contribution is -2.49. The van der Waals surface area contributed by atoms with E-state index >= 15 is 0 Å². The monoisotopic (exact) mass is 286 g/mol. The van der Waals surface area contributed by atoms with Gasteiger partial charge in [-0.1, -0.05) is 0 Å². The van der Waals surface area contributed by atoms with Crippen LogP contribution in [0.3, 0.4) is 0 Å². The third kappa shape index (κ3) is 7.67. The van der Waals surface area contributed by atoms with Crippen LogP contribution in [0.1, 0.15) is 20.8 Å². The van der Waals surface area contributed by atoms with E-state index in [0.29, 0.717) is 6.54 Å². The highest BCUT2D eigenvalue weighted by atomic mass is 16.6. The first kappa shape index (κ1) is 17.2. The summed E-state index contributed by atoms with van der Waals surface area (Å²) in [7, 11) is 1.98. The molecular weight excluding hydrogens is 256 g/mol. The van der Waals surface area contributed by atoms with E-state index in [1.54, 1.807) is 0 Å². The van der Waals surface area contributed by atoms with Gasteiger partial charge >= 0.3 is 6.09 Å². The number of piperazine rings is 1. The third-order valence-electron chi connectivity index (χ3n) is 3.24. The van der Waals surface area contributed by atoms with Gasteiger partial charge in [-0.05, 0) is 27.8 Å². The highest BCUT2D eigenvalue weighted by Crippen LogP contribution is 2.06. The van der Waals surface area contributed by atoms with Crippen LogP contribution in [0.25, 0.3) is 0 Å². The van der Waals surface area contributed by atoms with Crippen LogP contribution in [0.2, 0.25) is 0 Å². The molecule has 0 aromatic heterocycles. The van der Waals surface area contributed by atoms with Crippen molar-refractivity contribution in [2.45, 2.75) is 26.4 Å². The van der Waals surface area contributed by atoms with Crippen molar-refractivity contribution in [3.63, 3.8) is 0 Å². The topological polar surface area (TPSA) is 56.8 Å². The van der Waals surface area contributed by atoms with E-state index in [1.807, 2.05) is 27.8 Å². The highest BCUT2D eigenvalue weighted by molar-refractivity contribution is 5.67. The lowest BCUT2D eigenvalue weighted by Gasteiger charge is -2.34. The zero-order chi connectivity index (χ0) is 15.0. The van der Waals surface area contributed by atoms with Gasteiger partial charge in [0, 0.05) is 52.4 Å². The molecule has 6 nitrogen and oxygen atoms in total. The molecule has 0 radical (unpaired) electrons. The summed E-state index contributed by atoms with van der Waals surface area (Å²) in [6, 6.07) is 0. The van der Waals surface area contributed by atoms with E-state index in [9.17, 15) is 4.79 Å². The van der Waals surface area contributed by atoms with E-state index in [0.717, 1.165) is 45.8 Å². The zero-order valence-corrected chi connectivity index (χ0v) is 13.4. The summed E-state index contributed by atoms with van der Waals surface area (Å²) < 4.78 is 5.20. The van der Waals surface area contributed by atoms with Gasteiger partial charge in [0.05, 0.1) is 0 Å². The maximum atomic E-state index is 11.5. The normalized spacial score (nSPS) is 18.0. The van der Waals surface area contributed by atoms with E-state index in [2.05, 4.69) is 20.4 Å². The summed E-state index contributed by atoms with van der Waals surface area (Å²) in [6.45, 7) is 13.7. The molecule has 1 rings (SSSR count). The fraction of sp³-hybridized carbons (Fsp3) is 0.929. The smallest absolute Gasteiger partial charge is 0.407 e. The summed E-state index contributed by atoms with van der Waals surface area (Å²) in [4.78, 5) is 16.4. The van der Waals surface area contributed by atoms with Crippen molar-refractivity contribution >= 4 is 6.09 Å². The van der Waals surface area contributed by atoms with Crippen molar-refractivity contribution in [2.24, 2.45) is 0 Å². The molecule has 1 saturated heterocycles. The number of amides is 1. The fourth-order valence-corrected chi connectivity index (χ4v) is 2.14. The molecule has 1 heterocycles. The molecule has 0 aliphatic carbocycles. The van der Waals surface area contributed by atoms with Crippen LogP contribution >= 0.6 is 0 Å². The number of carbonyl (C=O) groups is 1. The Morgan fingerprint density at radius 1 is 1.05 bits per heavy atom. The summed E-state index contributed by atoms with van der Waals surface area (Å²) in [5, 5.41) is 5.98. The van der Waals surface area contributed by atoms with E-state index in [1.165, 1.54) is 0 Å². The molecule has 2 N–H and O–H groups in total. The van der Waals surface area contributed by atoms with Crippen molar-refractivity contribution < 1.29 is 9.53 Å². The molecule has 1 fully saturated rings. The Morgan fingerprint density at radius 2 is 1.55 bits per heavy atom. The van der Waals surface area contributed by atoms with Crippen molar-refractivity contribution in [2.75, 3.05) is 59.4 Å². The maximum Gasteiger partial charge on any atom is 0.407 e. The highest BCUT2D eigenvalue weighted by Gasteiger charge is 2.18. The molecule has 0 aromatic rings. The molecular formula is C14H30N4O2. The predicted octanol–water partition coefficient (Wildman–Crippen LogP) is 0.348. The largest absolute Gasteiger partial charge is 0.444 e. The Morgan fingerprint density at radius 3 is 2.00 bits per heavy atom. The van der Waals surface area contributed by atoms with Crippen molar-refractivity contribution in [1.82, 2.24) is 20.4 Å². The molecule has 20 heavy (non-hydrogen) atoms. The van der Waals surface area contributed by atoms with Crippen molar-refractivity contribution in [1.29, 1.82) is 0 Å². The van der Waals surface area contributed by atoms with Gasteiger partial charge in [0.15, 0.2) is 0 Å². The third-order valence-corrected chi connectivity index (χ3v) is 3.24. The molecule has 0 atom stereocenters. The van der Waals surface area contributed by atoms with Gasteiger partial charge < -0.3 is 15.4 Å². The van der Waals surface area contributed by atoms with Gasteiger partial charge in [0.1, 0.15) is 5.60 Å². The molecule has 0 bridgehead atoms. The number of ether oxygens (including phenoxy) is 1. The van der Waals surface area contributed by atoms with Crippen LogP contribution in [0.5, 0.6) is 0 Å². The second-order valence-corrected chi connectivity index (χ2v) is 6.22. The van der Waals surface area contributed by atoms with Crippen LogP contribution in [0.4, 0.5) is 4.79 Å². The second-order valence-electron chi connectivity index (χ2n) is 6.22. The Hall–Kier alpha value is -0.850. The van der Waals surface area contributed by atoms with Crippen LogP contribution < -0.4 is 10.6 Å². The minimum Gasteiger partial charge on any atom is -0.444 e. The molecule has 118 valence electrons. The summed E-state index contributed by atoms with van der Waals surface area (Å²) in [6.07, 6.45) is -0.329. The first-order valence-corrected chi connectivity index (χ1v) is 7.47. The number of alkyl carbamates (subject to hydrolysis) is 1. The molecule has 1 aliphatic rings. The first-order valence-electron chi connectivity index (χ1n) is 7.47. The minimum atomic E-state index is -0.428. The molecule has 0 saturated carbocycles. The summed E-state index contributed by atoms with van der Waals surface area (Å²) in [5.41, 5.74) is -0.428.